The molecule has 3 aromatic rings. The molecule has 6 rings (SSSR count). The number of Topliss-reactive ketones (excluding diaryl/α,β-unsaturated/α-hetero) is 1. The van der Waals surface area contributed by atoms with Crippen molar-refractivity contribution in [2.45, 2.75) is 62.4 Å². The van der Waals surface area contributed by atoms with Gasteiger partial charge in [0.2, 0.25) is 5.78 Å². The minimum Gasteiger partial charge on any atom is -0.507 e. The van der Waals surface area contributed by atoms with Gasteiger partial charge in [0.15, 0.2) is 17.9 Å². The Morgan fingerprint density at radius 1 is 1.09 bits per heavy atom. The van der Waals surface area contributed by atoms with Crippen LogP contribution in [0.3, 0.4) is 0 Å². The SMILES string of the molecule is COc1cccc2c1C(=O)c1c(O)c3c(c(O)c1C2=O)C[C@@](O)(C(=O)CO)C[C@@H]3O[C@H]1C[C@H](NC(=O)c2cccn2C)[C@H](O)[C@H](C)O1. The second-order valence-corrected chi connectivity index (χ2v) is 12.1. The Balaban J connectivity index is 1.41. The van der Waals surface area contributed by atoms with E-state index in [0.717, 1.165) is 0 Å². The molecule has 6 atom stereocenters. The molecule has 1 amide bonds. The van der Waals surface area contributed by atoms with E-state index in [1.165, 1.54) is 25.3 Å². The number of hydrogen-bond acceptors (Lipinski definition) is 12. The second-order valence-electron chi connectivity index (χ2n) is 12.1. The molecule has 47 heavy (non-hydrogen) atoms. The summed E-state index contributed by atoms with van der Waals surface area (Å²) in [5.74, 6) is -4.44. The number of aliphatic hydroxyl groups is 3. The predicted octanol–water partition coefficient (Wildman–Crippen LogP) is 0.811. The maximum absolute atomic E-state index is 13.8. The summed E-state index contributed by atoms with van der Waals surface area (Å²) in [6.07, 6.45) is -4.23. The Bertz CT molecular complexity index is 1810. The number of benzene rings is 2. The molecule has 1 saturated heterocycles. The van der Waals surface area contributed by atoms with Crippen LogP contribution in [-0.2, 0) is 27.7 Å². The number of aromatic hydroxyl groups is 2. The number of rotatable bonds is 7. The van der Waals surface area contributed by atoms with Gasteiger partial charge in [-0.05, 0) is 25.1 Å². The molecule has 2 aliphatic carbocycles. The number of fused-ring (bicyclic) bond motifs is 3. The third-order valence-electron chi connectivity index (χ3n) is 9.25. The number of carbonyl (C=O) groups excluding carboxylic acids is 4. The van der Waals surface area contributed by atoms with Crippen LogP contribution in [0.1, 0.15) is 79.3 Å². The number of ketones is 3. The van der Waals surface area contributed by atoms with Gasteiger partial charge < -0.3 is 49.6 Å². The van der Waals surface area contributed by atoms with E-state index in [1.807, 2.05) is 0 Å². The first-order valence-corrected chi connectivity index (χ1v) is 15.0. The van der Waals surface area contributed by atoms with E-state index in [9.17, 15) is 44.7 Å². The number of aromatic nitrogens is 1. The van der Waals surface area contributed by atoms with E-state index < -0.39 is 102 Å². The van der Waals surface area contributed by atoms with Crippen molar-refractivity contribution in [1.29, 1.82) is 0 Å². The first kappa shape index (κ1) is 32.3. The second kappa shape index (κ2) is 11.9. The Hall–Kier alpha value is -4.60. The fourth-order valence-corrected chi connectivity index (χ4v) is 6.80. The van der Waals surface area contributed by atoms with Gasteiger partial charge in [-0.25, -0.2) is 0 Å². The summed E-state index contributed by atoms with van der Waals surface area (Å²) >= 11 is 0. The average Bonchev–Trinajstić information content (AvgIpc) is 3.48. The fraction of sp³-hybridized carbons (Fsp3) is 0.394. The standard InChI is InChI=1S/C33H34N2O12/c1-14-27(38)17(34-32(43)18-7-5-9-35(18)2)10-22(46-14)47-20-12-33(44,21(37)13-36)11-16-24(20)31(42)26-25(29(16)40)28(39)15-6-4-8-19(45-3)23(15)30(26)41/h4-9,14,17,20,22,27,36,38,40,42,44H,10-13H2,1-3H3,(H,34,43)/t14-,17-,20-,22-,27+,33-/m0/s1. The zero-order valence-corrected chi connectivity index (χ0v) is 25.7. The van der Waals surface area contributed by atoms with Crippen LogP contribution in [0.15, 0.2) is 36.5 Å². The molecular formula is C33H34N2O12. The number of nitrogens with zero attached hydrogens (tertiary/aromatic N) is 1. The smallest absolute Gasteiger partial charge is 0.268 e. The third kappa shape index (κ3) is 5.18. The van der Waals surface area contributed by atoms with Crippen LogP contribution in [0.5, 0.6) is 17.2 Å². The lowest BCUT2D eigenvalue weighted by molar-refractivity contribution is -0.249. The molecule has 0 spiro atoms. The molecule has 0 unspecified atom stereocenters. The molecule has 14 heteroatoms. The molecule has 1 fully saturated rings. The first-order chi connectivity index (χ1) is 22.3. The van der Waals surface area contributed by atoms with Crippen molar-refractivity contribution >= 4 is 23.3 Å². The van der Waals surface area contributed by atoms with Crippen LogP contribution in [0, 0.1) is 0 Å². The summed E-state index contributed by atoms with van der Waals surface area (Å²) in [7, 11) is 3.00. The van der Waals surface area contributed by atoms with Crippen molar-refractivity contribution in [2.75, 3.05) is 13.7 Å². The van der Waals surface area contributed by atoms with Gasteiger partial charge in [0.05, 0.1) is 42.0 Å². The van der Waals surface area contributed by atoms with E-state index in [1.54, 1.807) is 36.9 Å². The van der Waals surface area contributed by atoms with Crippen LogP contribution < -0.4 is 10.1 Å². The lowest BCUT2D eigenvalue weighted by Crippen LogP contribution is -2.56. The summed E-state index contributed by atoms with van der Waals surface area (Å²) in [4.78, 5) is 53.3. The van der Waals surface area contributed by atoms with Gasteiger partial charge in [-0.3, -0.25) is 19.2 Å². The number of aliphatic hydroxyl groups excluding tert-OH is 2. The molecule has 0 saturated carbocycles. The zero-order valence-electron chi connectivity index (χ0n) is 25.7. The van der Waals surface area contributed by atoms with Crippen LogP contribution in [-0.4, -0.2) is 97.2 Å². The van der Waals surface area contributed by atoms with Crippen LogP contribution in [0.4, 0.5) is 0 Å². The molecular weight excluding hydrogens is 616 g/mol. The van der Waals surface area contributed by atoms with E-state index in [2.05, 4.69) is 5.32 Å². The molecule has 2 heterocycles. The van der Waals surface area contributed by atoms with Crippen LogP contribution >= 0.6 is 0 Å². The summed E-state index contributed by atoms with van der Waals surface area (Å²) in [6, 6.07) is 6.75. The number of carbonyl (C=O) groups is 4. The number of methoxy groups -OCH3 is 1. The quantitative estimate of drug-likeness (QED) is 0.153. The number of hydrogen-bond donors (Lipinski definition) is 6. The van der Waals surface area contributed by atoms with Gasteiger partial charge in [0.25, 0.3) is 5.91 Å². The van der Waals surface area contributed by atoms with Crippen molar-refractivity contribution in [1.82, 2.24) is 9.88 Å². The van der Waals surface area contributed by atoms with Gasteiger partial charge in [0.1, 0.15) is 41.3 Å². The highest BCUT2D eigenvalue weighted by atomic mass is 16.7. The normalized spacial score (nSPS) is 26.6. The maximum atomic E-state index is 13.8. The number of phenols is 2. The van der Waals surface area contributed by atoms with E-state index in [-0.39, 0.29) is 34.4 Å². The fourth-order valence-electron chi connectivity index (χ4n) is 6.80. The number of nitrogens with one attached hydrogen (secondary N) is 1. The molecule has 14 nitrogen and oxygen atoms in total. The molecule has 0 bridgehead atoms. The Kier molecular flexibility index (Phi) is 8.18. The van der Waals surface area contributed by atoms with Crippen molar-refractivity contribution in [2.24, 2.45) is 7.05 Å². The summed E-state index contributed by atoms with van der Waals surface area (Å²) in [5, 5.41) is 57.9. The lowest BCUT2D eigenvalue weighted by atomic mass is 9.72. The number of phenolic OH excluding ortho intramolecular Hbond substituents is 2. The maximum Gasteiger partial charge on any atom is 0.268 e. The highest BCUT2D eigenvalue weighted by molar-refractivity contribution is 6.31. The van der Waals surface area contributed by atoms with Crippen molar-refractivity contribution in [3.8, 4) is 17.2 Å². The molecule has 1 aliphatic heterocycles. The molecule has 3 aliphatic rings. The summed E-state index contributed by atoms with van der Waals surface area (Å²) in [5.41, 5.74) is -3.57. The Morgan fingerprint density at radius 3 is 2.47 bits per heavy atom. The van der Waals surface area contributed by atoms with Crippen molar-refractivity contribution in [3.63, 3.8) is 0 Å². The topological polar surface area (TPSA) is 214 Å². The van der Waals surface area contributed by atoms with Gasteiger partial charge in [-0.2, -0.15) is 0 Å². The number of ether oxygens (including phenoxy) is 3. The highest BCUT2D eigenvalue weighted by Crippen LogP contribution is 2.52. The Morgan fingerprint density at radius 2 is 1.81 bits per heavy atom. The van der Waals surface area contributed by atoms with Crippen molar-refractivity contribution < 1.29 is 58.9 Å². The van der Waals surface area contributed by atoms with Gasteiger partial charge in [0, 0.05) is 49.2 Å². The first-order valence-electron chi connectivity index (χ1n) is 15.0. The van der Waals surface area contributed by atoms with E-state index in [4.69, 9.17) is 14.2 Å². The summed E-state index contributed by atoms with van der Waals surface area (Å²) in [6.45, 7) is 0.494. The number of aryl methyl sites for hydroxylation is 1. The lowest BCUT2D eigenvalue weighted by Gasteiger charge is -2.43. The largest absolute Gasteiger partial charge is 0.507 e. The van der Waals surface area contributed by atoms with Gasteiger partial charge in [-0.1, -0.05) is 12.1 Å². The van der Waals surface area contributed by atoms with Crippen LogP contribution in [0.2, 0.25) is 0 Å². The molecule has 6 N–H and O–H groups in total. The predicted molar refractivity (Wildman–Crippen MR) is 160 cm³/mol. The van der Waals surface area contributed by atoms with Gasteiger partial charge >= 0.3 is 0 Å². The minimum absolute atomic E-state index is 0.0745. The van der Waals surface area contributed by atoms with Crippen LogP contribution in [0.25, 0.3) is 0 Å². The third-order valence-corrected chi connectivity index (χ3v) is 9.25. The molecule has 2 aromatic carbocycles. The highest BCUT2D eigenvalue weighted by Gasteiger charge is 2.50. The average molecular weight is 651 g/mol. The Labute approximate surface area is 268 Å². The minimum atomic E-state index is -2.31. The zero-order chi connectivity index (χ0) is 33.9. The molecule has 0 radical (unpaired) electrons. The van der Waals surface area contributed by atoms with Gasteiger partial charge in [-0.15, -0.1) is 0 Å². The van der Waals surface area contributed by atoms with E-state index >= 15 is 0 Å². The van der Waals surface area contributed by atoms with Crippen molar-refractivity contribution in [3.05, 3.63) is 75.6 Å². The molecule has 248 valence electrons. The number of amides is 1. The summed E-state index contributed by atoms with van der Waals surface area (Å²) < 4.78 is 19.0. The monoisotopic (exact) mass is 650 g/mol. The molecule has 1 aromatic heterocycles. The van der Waals surface area contributed by atoms with E-state index in [0.29, 0.717) is 5.69 Å².